The smallest absolute Gasteiger partial charge is 0.0948 e. The van der Waals surface area contributed by atoms with E-state index >= 15 is 0 Å². The second-order valence-electron chi connectivity index (χ2n) is 6.66. The summed E-state index contributed by atoms with van der Waals surface area (Å²) in [5.74, 6) is 0. The van der Waals surface area contributed by atoms with Crippen molar-refractivity contribution in [3.63, 3.8) is 0 Å². The maximum Gasteiger partial charge on any atom is 0.0948 e. The van der Waals surface area contributed by atoms with Gasteiger partial charge in [-0.05, 0) is 17.3 Å². The van der Waals surface area contributed by atoms with Crippen molar-refractivity contribution in [1.82, 2.24) is 9.55 Å². The molecule has 0 aromatic carbocycles. The lowest BCUT2D eigenvalue weighted by atomic mass is 9.77. The Hall–Kier alpha value is -0.790. The van der Waals surface area contributed by atoms with E-state index in [1.54, 1.807) is 0 Å². The molecule has 1 unspecified atom stereocenters. The molecule has 0 aliphatic carbocycles. The summed E-state index contributed by atoms with van der Waals surface area (Å²) in [7, 11) is 0. The molecular formula is C13H24N2. The first-order valence-corrected chi connectivity index (χ1v) is 5.67. The van der Waals surface area contributed by atoms with Crippen molar-refractivity contribution in [3.05, 3.63) is 18.7 Å². The standard InChI is InChI=1S/C13H24N2/c1-12(2,3)9-11(13(4,5)6)15-8-7-14-10-15/h7-8,10-11H,9H2,1-6H3. The summed E-state index contributed by atoms with van der Waals surface area (Å²) in [6, 6.07) is 0.514. The normalized spacial score (nSPS) is 15.3. The van der Waals surface area contributed by atoms with Gasteiger partial charge >= 0.3 is 0 Å². The zero-order valence-corrected chi connectivity index (χ0v) is 10.9. The van der Waals surface area contributed by atoms with E-state index in [1.165, 1.54) is 6.42 Å². The maximum absolute atomic E-state index is 4.15. The quantitative estimate of drug-likeness (QED) is 0.720. The van der Waals surface area contributed by atoms with Crippen LogP contribution in [-0.2, 0) is 0 Å². The van der Waals surface area contributed by atoms with Gasteiger partial charge in [0.2, 0.25) is 0 Å². The van der Waals surface area contributed by atoms with E-state index in [0.717, 1.165) is 0 Å². The number of hydrogen-bond donors (Lipinski definition) is 0. The number of rotatable bonds is 2. The lowest BCUT2D eigenvalue weighted by Crippen LogP contribution is -2.27. The Kier molecular flexibility index (Phi) is 3.27. The van der Waals surface area contributed by atoms with E-state index in [0.29, 0.717) is 11.5 Å². The molecule has 0 saturated heterocycles. The van der Waals surface area contributed by atoms with Crippen LogP contribution in [0.1, 0.15) is 54.0 Å². The van der Waals surface area contributed by atoms with Gasteiger partial charge in [-0.2, -0.15) is 0 Å². The SMILES string of the molecule is CC(C)(C)CC(n1ccnc1)C(C)(C)C. The van der Waals surface area contributed by atoms with E-state index < -0.39 is 0 Å². The van der Waals surface area contributed by atoms with Crippen LogP contribution in [-0.4, -0.2) is 9.55 Å². The van der Waals surface area contributed by atoms with Crippen molar-refractivity contribution in [2.75, 3.05) is 0 Å². The molecule has 0 N–H and O–H groups in total. The van der Waals surface area contributed by atoms with Crippen LogP contribution in [0.15, 0.2) is 18.7 Å². The molecule has 0 radical (unpaired) electrons. The molecule has 2 heteroatoms. The van der Waals surface area contributed by atoms with Gasteiger partial charge in [0.25, 0.3) is 0 Å². The van der Waals surface area contributed by atoms with E-state index in [-0.39, 0.29) is 5.41 Å². The highest BCUT2D eigenvalue weighted by atomic mass is 15.1. The summed E-state index contributed by atoms with van der Waals surface area (Å²) in [4.78, 5) is 4.15. The second kappa shape index (κ2) is 3.99. The average molecular weight is 208 g/mol. The van der Waals surface area contributed by atoms with Gasteiger partial charge in [-0.15, -0.1) is 0 Å². The van der Waals surface area contributed by atoms with Crippen LogP contribution in [0.3, 0.4) is 0 Å². The van der Waals surface area contributed by atoms with Gasteiger partial charge in [0.1, 0.15) is 0 Å². The van der Waals surface area contributed by atoms with E-state index in [9.17, 15) is 0 Å². The Morgan fingerprint density at radius 1 is 1.13 bits per heavy atom. The van der Waals surface area contributed by atoms with Crippen LogP contribution in [0.4, 0.5) is 0 Å². The third-order valence-electron chi connectivity index (χ3n) is 2.69. The highest BCUT2D eigenvalue weighted by molar-refractivity contribution is 4.89. The van der Waals surface area contributed by atoms with Gasteiger partial charge in [0.05, 0.1) is 6.33 Å². The summed E-state index contributed by atoms with van der Waals surface area (Å²) < 4.78 is 2.24. The van der Waals surface area contributed by atoms with Crippen LogP contribution < -0.4 is 0 Å². The number of aromatic nitrogens is 2. The van der Waals surface area contributed by atoms with E-state index in [4.69, 9.17) is 0 Å². The Morgan fingerprint density at radius 3 is 2.07 bits per heavy atom. The Labute approximate surface area is 93.7 Å². The van der Waals surface area contributed by atoms with Crippen molar-refractivity contribution in [3.8, 4) is 0 Å². The lowest BCUT2D eigenvalue weighted by Gasteiger charge is -2.36. The summed E-state index contributed by atoms with van der Waals surface area (Å²) >= 11 is 0. The minimum absolute atomic E-state index is 0.272. The third kappa shape index (κ3) is 3.69. The molecule has 1 rings (SSSR count). The van der Waals surface area contributed by atoms with Gasteiger partial charge in [-0.25, -0.2) is 4.98 Å². The molecule has 0 aliphatic rings. The van der Waals surface area contributed by atoms with Crippen LogP contribution in [0.5, 0.6) is 0 Å². The molecule has 1 atom stereocenters. The van der Waals surface area contributed by atoms with E-state index in [2.05, 4.69) is 57.3 Å². The maximum atomic E-state index is 4.15. The predicted octanol–water partition coefficient (Wildman–Crippen LogP) is 3.91. The summed E-state index contributed by atoms with van der Waals surface area (Å²) in [6.07, 6.45) is 7.04. The number of nitrogens with zero attached hydrogens (tertiary/aromatic N) is 2. The van der Waals surface area contributed by atoms with Gasteiger partial charge < -0.3 is 4.57 Å². The Balaban J connectivity index is 2.90. The second-order valence-corrected chi connectivity index (χ2v) is 6.66. The summed E-state index contributed by atoms with van der Waals surface area (Å²) in [6.45, 7) is 13.8. The van der Waals surface area contributed by atoms with Gasteiger partial charge in [-0.3, -0.25) is 0 Å². The topological polar surface area (TPSA) is 17.8 Å². The number of hydrogen-bond acceptors (Lipinski definition) is 1. The van der Waals surface area contributed by atoms with Crippen molar-refractivity contribution < 1.29 is 0 Å². The minimum atomic E-state index is 0.272. The van der Waals surface area contributed by atoms with Crippen LogP contribution in [0.25, 0.3) is 0 Å². The fourth-order valence-electron chi connectivity index (χ4n) is 1.89. The highest BCUT2D eigenvalue weighted by Crippen LogP contribution is 2.39. The molecule has 0 amide bonds. The number of imidazole rings is 1. The molecule has 0 aliphatic heterocycles. The molecule has 1 heterocycles. The molecule has 0 bridgehead atoms. The highest BCUT2D eigenvalue weighted by Gasteiger charge is 2.29. The van der Waals surface area contributed by atoms with Crippen molar-refractivity contribution in [2.45, 2.75) is 54.0 Å². The molecule has 1 aromatic rings. The lowest BCUT2D eigenvalue weighted by molar-refractivity contribution is 0.170. The van der Waals surface area contributed by atoms with Gasteiger partial charge in [0, 0.05) is 18.4 Å². The summed E-state index contributed by atoms with van der Waals surface area (Å²) in [5, 5.41) is 0. The van der Waals surface area contributed by atoms with Gasteiger partial charge in [0.15, 0.2) is 0 Å². The fraction of sp³-hybridized carbons (Fsp3) is 0.769. The van der Waals surface area contributed by atoms with Crippen LogP contribution in [0, 0.1) is 10.8 Å². The predicted molar refractivity (Wildman–Crippen MR) is 64.8 cm³/mol. The van der Waals surface area contributed by atoms with Crippen LogP contribution >= 0.6 is 0 Å². The fourth-order valence-corrected chi connectivity index (χ4v) is 1.89. The molecule has 1 aromatic heterocycles. The minimum Gasteiger partial charge on any atom is -0.334 e. The van der Waals surface area contributed by atoms with Gasteiger partial charge in [-0.1, -0.05) is 41.5 Å². The average Bonchev–Trinajstić information content (AvgIpc) is 2.47. The first-order valence-electron chi connectivity index (χ1n) is 5.67. The largest absolute Gasteiger partial charge is 0.334 e. The molecule has 15 heavy (non-hydrogen) atoms. The molecule has 0 saturated carbocycles. The molecule has 2 nitrogen and oxygen atoms in total. The van der Waals surface area contributed by atoms with Crippen LogP contribution in [0.2, 0.25) is 0 Å². The monoisotopic (exact) mass is 208 g/mol. The Morgan fingerprint density at radius 2 is 1.73 bits per heavy atom. The first-order chi connectivity index (χ1) is 6.70. The van der Waals surface area contributed by atoms with E-state index in [1.807, 2.05) is 12.5 Å². The Bertz CT molecular complexity index is 285. The zero-order valence-electron chi connectivity index (χ0n) is 10.9. The zero-order chi connectivity index (χ0) is 11.7. The molecule has 86 valence electrons. The molecular weight excluding hydrogens is 184 g/mol. The third-order valence-corrected chi connectivity index (χ3v) is 2.69. The first kappa shape index (κ1) is 12.3. The van der Waals surface area contributed by atoms with Crippen molar-refractivity contribution in [2.24, 2.45) is 10.8 Å². The molecule has 0 spiro atoms. The molecule has 0 fully saturated rings. The van der Waals surface area contributed by atoms with Crippen molar-refractivity contribution in [1.29, 1.82) is 0 Å². The summed E-state index contributed by atoms with van der Waals surface area (Å²) in [5.41, 5.74) is 0.621. The van der Waals surface area contributed by atoms with Crippen molar-refractivity contribution >= 4 is 0 Å².